The van der Waals surface area contributed by atoms with E-state index >= 15 is 0 Å². The Hall–Kier alpha value is -1.02. The highest BCUT2D eigenvalue weighted by Gasteiger charge is 2.19. The number of nitrogens with one attached hydrogen (secondary N) is 1. The molecule has 0 aromatic carbocycles. The van der Waals surface area contributed by atoms with Crippen molar-refractivity contribution in [2.75, 3.05) is 7.05 Å². The van der Waals surface area contributed by atoms with Crippen LogP contribution >= 0.6 is 0 Å². The lowest BCUT2D eigenvalue weighted by atomic mass is 9.97. The Morgan fingerprint density at radius 1 is 1.29 bits per heavy atom. The Kier molecular flexibility index (Phi) is 3.17. The van der Waals surface area contributed by atoms with Gasteiger partial charge in [0.15, 0.2) is 0 Å². The highest BCUT2D eigenvalue weighted by molar-refractivity contribution is 5.38. The Balaban J connectivity index is 3.22. The van der Waals surface area contributed by atoms with Crippen molar-refractivity contribution in [2.24, 2.45) is 0 Å². The van der Waals surface area contributed by atoms with Crippen molar-refractivity contribution in [2.45, 2.75) is 33.7 Å². The minimum atomic E-state index is 0.201. The van der Waals surface area contributed by atoms with Crippen molar-refractivity contribution in [1.82, 2.24) is 5.32 Å². The second-order valence-corrected chi connectivity index (χ2v) is 3.82. The predicted octanol–water partition coefficient (Wildman–Crippen LogP) is 3.04. The summed E-state index contributed by atoms with van der Waals surface area (Å²) in [5, 5.41) is 3.25. The van der Waals surface area contributed by atoms with E-state index in [2.05, 4.69) is 18.8 Å². The van der Waals surface area contributed by atoms with Gasteiger partial charge in [0.1, 0.15) is 11.5 Å². The lowest BCUT2D eigenvalue weighted by molar-refractivity contribution is 0.495. The first-order valence-corrected chi connectivity index (χ1v) is 4.88. The molecule has 1 aromatic rings. The lowest BCUT2D eigenvalue weighted by Gasteiger charge is -2.16. The second kappa shape index (κ2) is 4.01. The number of furan rings is 1. The molecule has 2 heteroatoms. The molecule has 1 N–H and O–H groups in total. The van der Waals surface area contributed by atoms with Gasteiger partial charge in [0.2, 0.25) is 0 Å². The normalized spacial score (nSPS) is 12.9. The number of likely N-dealkylation sites (N-methyl/N-ethyl adjacent to an activating group) is 1. The molecule has 0 saturated heterocycles. The minimum absolute atomic E-state index is 0.201. The molecule has 1 unspecified atom stereocenters. The van der Waals surface area contributed by atoms with Crippen molar-refractivity contribution in [3.05, 3.63) is 34.8 Å². The SMILES string of the molecule is C=C(C)C(NC)c1c(C)oc(C)c1C. The average Bonchev–Trinajstić information content (AvgIpc) is 2.32. The van der Waals surface area contributed by atoms with Gasteiger partial charge >= 0.3 is 0 Å². The molecule has 0 saturated carbocycles. The van der Waals surface area contributed by atoms with E-state index < -0.39 is 0 Å². The maximum absolute atomic E-state index is 5.60. The van der Waals surface area contributed by atoms with Gasteiger partial charge in [-0.2, -0.15) is 0 Å². The molecule has 1 heterocycles. The molecule has 0 bridgehead atoms. The first-order valence-electron chi connectivity index (χ1n) is 4.88. The van der Waals surface area contributed by atoms with Crippen LogP contribution in [0.15, 0.2) is 16.6 Å². The first kappa shape index (κ1) is 11.1. The van der Waals surface area contributed by atoms with Gasteiger partial charge in [-0.05, 0) is 40.3 Å². The van der Waals surface area contributed by atoms with Crippen molar-refractivity contribution < 1.29 is 4.42 Å². The van der Waals surface area contributed by atoms with Crippen LogP contribution < -0.4 is 5.32 Å². The van der Waals surface area contributed by atoms with Gasteiger partial charge in [-0.15, -0.1) is 0 Å². The van der Waals surface area contributed by atoms with E-state index in [1.807, 2.05) is 27.8 Å². The number of rotatable bonds is 3. The summed E-state index contributed by atoms with van der Waals surface area (Å²) < 4.78 is 5.60. The Morgan fingerprint density at radius 2 is 1.86 bits per heavy atom. The molecule has 1 rings (SSSR count). The summed E-state index contributed by atoms with van der Waals surface area (Å²) in [5.41, 5.74) is 3.57. The average molecular weight is 193 g/mol. The highest BCUT2D eigenvalue weighted by Crippen LogP contribution is 2.30. The van der Waals surface area contributed by atoms with Gasteiger partial charge in [-0.1, -0.05) is 12.2 Å². The molecule has 0 fully saturated rings. The van der Waals surface area contributed by atoms with E-state index in [1.54, 1.807) is 0 Å². The predicted molar refractivity (Wildman–Crippen MR) is 59.5 cm³/mol. The number of hydrogen-bond acceptors (Lipinski definition) is 2. The fraction of sp³-hybridized carbons (Fsp3) is 0.500. The molecule has 14 heavy (non-hydrogen) atoms. The third kappa shape index (κ3) is 1.75. The number of aryl methyl sites for hydroxylation is 2. The molecule has 0 aliphatic rings. The van der Waals surface area contributed by atoms with Gasteiger partial charge in [0.25, 0.3) is 0 Å². The van der Waals surface area contributed by atoms with Crippen LogP contribution in [-0.2, 0) is 0 Å². The van der Waals surface area contributed by atoms with Crippen LogP contribution in [0.25, 0.3) is 0 Å². The van der Waals surface area contributed by atoms with E-state index in [-0.39, 0.29) is 6.04 Å². The van der Waals surface area contributed by atoms with Crippen molar-refractivity contribution >= 4 is 0 Å². The van der Waals surface area contributed by atoms with Crippen LogP contribution in [0.2, 0.25) is 0 Å². The Morgan fingerprint density at radius 3 is 2.14 bits per heavy atom. The zero-order valence-electron chi connectivity index (χ0n) is 9.69. The van der Waals surface area contributed by atoms with E-state index in [9.17, 15) is 0 Å². The van der Waals surface area contributed by atoms with Crippen LogP contribution in [0.4, 0.5) is 0 Å². The fourth-order valence-corrected chi connectivity index (χ4v) is 1.87. The first-order chi connectivity index (χ1) is 6.49. The minimum Gasteiger partial charge on any atom is -0.466 e. The maximum atomic E-state index is 5.60. The molecule has 0 aliphatic heterocycles. The molecule has 0 aliphatic carbocycles. The van der Waals surface area contributed by atoms with Crippen molar-refractivity contribution in [3.63, 3.8) is 0 Å². The van der Waals surface area contributed by atoms with Crippen LogP contribution in [0.5, 0.6) is 0 Å². The Labute approximate surface area is 86.0 Å². The van der Waals surface area contributed by atoms with Crippen molar-refractivity contribution in [3.8, 4) is 0 Å². The van der Waals surface area contributed by atoms with Gasteiger partial charge in [-0.3, -0.25) is 0 Å². The van der Waals surface area contributed by atoms with Crippen LogP contribution in [0, 0.1) is 20.8 Å². The lowest BCUT2D eigenvalue weighted by Crippen LogP contribution is -2.18. The largest absolute Gasteiger partial charge is 0.466 e. The van der Waals surface area contributed by atoms with Crippen LogP contribution in [-0.4, -0.2) is 7.05 Å². The molecule has 2 nitrogen and oxygen atoms in total. The fourth-order valence-electron chi connectivity index (χ4n) is 1.87. The van der Waals surface area contributed by atoms with E-state index in [0.29, 0.717) is 0 Å². The summed E-state index contributed by atoms with van der Waals surface area (Å²) in [5.74, 6) is 1.99. The van der Waals surface area contributed by atoms with Crippen LogP contribution in [0.1, 0.15) is 35.6 Å². The smallest absolute Gasteiger partial charge is 0.106 e. The monoisotopic (exact) mass is 193 g/mol. The van der Waals surface area contributed by atoms with Gasteiger partial charge in [-0.25, -0.2) is 0 Å². The van der Waals surface area contributed by atoms with E-state index in [1.165, 1.54) is 11.1 Å². The van der Waals surface area contributed by atoms with Gasteiger partial charge in [0.05, 0.1) is 6.04 Å². The summed E-state index contributed by atoms with van der Waals surface area (Å²) in [6.45, 7) is 12.1. The second-order valence-electron chi connectivity index (χ2n) is 3.82. The third-order valence-electron chi connectivity index (χ3n) is 2.69. The quantitative estimate of drug-likeness (QED) is 0.746. The molecular weight excluding hydrogens is 174 g/mol. The zero-order valence-corrected chi connectivity index (χ0v) is 9.69. The summed E-state index contributed by atoms with van der Waals surface area (Å²) in [7, 11) is 1.94. The Bertz CT molecular complexity index is 349. The van der Waals surface area contributed by atoms with E-state index in [4.69, 9.17) is 4.42 Å². The summed E-state index contributed by atoms with van der Waals surface area (Å²) in [6, 6.07) is 0.201. The molecule has 0 radical (unpaired) electrons. The van der Waals surface area contributed by atoms with Crippen LogP contribution in [0.3, 0.4) is 0 Å². The molecule has 0 amide bonds. The summed E-state index contributed by atoms with van der Waals surface area (Å²) in [6.07, 6.45) is 0. The molecule has 78 valence electrons. The molecule has 1 atom stereocenters. The zero-order chi connectivity index (χ0) is 10.9. The highest BCUT2D eigenvalue weighted by atomic mass is 16.3. The van der Waals surface area contributed by atoms with Gasteiger partial charge < -0.3 is 9.73 Å². The molecular formula is C12H19NO. The standard InChI is InChI=1S/C12H19NO/c1-7(2)12(13-6)11-8(3)9(4)14-10(11)5/h12-13H,1H2,2-6H3. The molecule has 1 aromatic heterocycles. The third-order valence-corrected chi connectivity index (χ3v) is 2.69. The van der Waals surface area contributed by atoms with Crippen molar-refractivity contribution in [1.29, 1.82) is 0 Å². The summed E-state index contributed by atoms with van der Waals surface area (Å²) in [4.78, 5) is 0. The maximum Gasteiger partial charge on any atom is 0.106 e. The van der Waals surface area contributed by atoms with Gasteiger partial charge in [0, 0.05) is 5.56 Å². The van der Waals surface area contributed by atoms with E-state index in [0.717, 1.165) is 17.1 Å². The number of hydrogen-bond donors (Lipinski definition) is 1. The molecule has 0 spiro atoms. The topological polar surface area (TPSA) is 25.2 Å². The summed E-state index contributed by atoms with van der Waals surface area (Å²) >= 11 is 0.